The van der Waals surface area contributed by atoms with Crippen LogP contribution in [0.5, 0.6) is 0 Å². The van der Waals surface area contributed by atoms with Crippen LogP contribution in [0.2, 0.25) is 0 Å². The van der Waals surface area contributed by atoms with Gasteiger partial charge in [0.2, 0.25) is 10.0 Å². The second-order valence-electron chi connectivity index (χ2n) is 4.50. The molecule has 0 heterocycles. The van der Waals surface area contributed by atoms with Crippen molar-refractivity contribution in [2.24, 2.45) is 0 Å². The quantitative estimate of drug-likeness (QED) is 0.732. The highest BCUT2D eigenvalue weighted by Gasteiger charge is 2.35. The minimum atomic E-state index is -2.97. The van der Waals surface area contributed by atoms with Gasteiger partial charge in [0.25, 0.3) is 0 Å². The van der Waals surface area contributed by atoms with E-state index in [1.165, 1.54) is 24.8 Å². The molecule has 0 radical (unpaired) electrons. The zero-order chi connectivity index (χ0) is 10.7. The van der Waals surface area contributed by atoms with Crippen LogP contribution in [0.15, 0.2) is 11.6 Å². The highest BCUT2D eigenvalue weighted by Crippen LogP contribution is 2.27. The second kappa shape index (κ2) is 4.66. The lowest BCUT2D eigenvalue weighted by molar-refractivity contribution is 0.578. The Morgan fingerprint density at radius 3 is 2.73 bits per heavy atom. The van der Waals surface area contributed by atoms with Gasteiger partial charge < -0.3 is 0 Å². The number of hydrogen-bond donors (Lipinski definition) is 1. The normalized spacial score (nSPS) is 22.5. The predicted octanol–water partition coefficient (Wildman–Crippen LogP) is 1.96. The summed E-state index contributed by atoms with van der Waals surface area (Å²) in [5.74, 6) is 0. The first-order valence-corrected chi connectivity index (χ1v) is 7.39. The Labute approximate surface area is 92.0 Å². The summed E-state index contributed by atoms with van der Waals surface area (Å²) in [5, 5.41) is -0.0853. The van der Waals surface area contributed by atoms with Crippen LogP contribution in [0.3, 0.4) is 0 Å². The molecule has 1 N–H and O–H groups in total. The molecule has 4 heteroatoms. The average Bonchev–Trinajstić information content (AvgIpc) is 3.02. The summed E-state index contributed by atoms with van der Waals surface area (Å²) in [7, 11) is -2.97. The molecule has 2 rings (SSSR count). The molecule has 3 nitrogen and oxygen atoms in total. The summed E-state index contributed by atoms with van der Waals surface area (Å²) in [6, 6.07) is 0. The third-order valence-electron chi connectivity index (χ3n) is 3.10. The van der Waals surface area contributed by atoms with Crippen molar-refractivity contribution in [3.8, 4) is 0 Å². The monoisotopic (exact) mass is 229 g/mol. The number of rotatable bonds is 5. The Hall–Kier alpha value is -0.350. The number of hydrogen-bond acceptors (Lipinski definition) is 2. The van der Waals surface area contributed by atoms with Crippen LogP contribution in [0.25, 0.3) is 0 Å². The van der Waals surface area contributed by atoms with Crippen LogP contribution in [0, 0.1) is 0 Å². The van der Waals surface area contributed by atoms with E-state index in [1.54, 1.807) is 0 Å². The first-order chi connectivity index (χ1) is 7.18. The van der Waals surface area contributed by atoms with Gasteiger partial charge in [0.1, 0.15) is 0 Å². The summed E-state index contributed by atoms with van der Waals surface area (Å²) in [5.41, 5.74) is 1.43. The number of sulfonamides is 1. The van der Waals surface area contributed by atoms with Crippen molar-refractivity contribution in [2.45, 2.75) is 50.2 Å². The molecular formula is C11H19NO2S. The molecule has 0 aromatic heterocycles. The molecule has 0 spiro atoms. The topological polar surface area (TPSA) is 46.2 Å². The molecule has 0 saturated heterocycles. The van der Waals surface area contributed by atoms with Gasteiger partial charge in [-0.2, -0.15) is 0 Å². The van der Waals surface area contributed by atoms with Gasteiger partial charge in [-0.05, 0) is 44.9 Å². The highest BCUT2D eigenvalue weighted by molar-refractivity contribution is 7.90. The molecule has 15 heavy (non-hydrogen) atoms. The molecule has 0 aromatic rings. The molecule has 1 saturated carbocycles. The van der Waals surface area contributed by atoms with Crippen molar-refractivity contribution >= 4 is 10.0 Å². The van der Waals surface area contributed by atoms with Crippen LogP contribution >= 0.6 is 0 Å². The fourth-order valence-electron chi connectivity index (χ4n) is 1.98. The third-order valence-corrected chi connectivity index (χ3v) is 5.05. The van der Waals surface area contributed by atoms with Gasteiger partial charge in [-0.1, -0.05) is 11.6 Å². The largest absolute Gasteiger partial charge is 0.215 e. The van der Waals surface area contributed by atoms with Crippen molar-refractivity contribution in [1.29, 1.82) is 0 Å². The molecule has 86 valence electrons. The molecule has 2 aliphatic carbocycles. The summed E-state index contributed by atoms with van der Waals surface area (Å²) in [6.07, 6.45) is 9.74. The molecule has 0 atom stereocenters. The molecule has 0 bridgehead atoms. The minimum absolute atomic E-state index is 0.0853. The Morgan fingerprint density at radius 2 is 2.13 bits per heavy atom. The van der Waals surface area contributed by atoms with Gasteiger partial charge in [0.05, 0.1) is 5.25 Å². The summed E-state index contributed by atoms with van der Waals surface area (Å²) in [6.45, 7) is 0.588. The van der Waals surface area contributed by atoms with Gasteiger partial charge in [0, 0.05) is 6.54 Å². The Balaban J connectivity index is 1.72. The molecular weight excluding hydrogens is 210 g/mol. The van der Waals surface area contributed by atoms with Gasteiger partial charge >= 0.3 is 0 Å². The Kier molecular flexibility index (Phi) is 3.46. The number of allylic oxidation sites excluding steroid dienone is 1. The lowest BCUT2D eigenvalue weighted by atomic mass is 9.97. The van der Waals surface area contributed by atoms with E-state index in [4.69, 9.17) is 0 Å². The molecule has 0 aliphatic heterocycles. The van der Waals surface area contributed by atoms with E-state index in [9.17, 15) is 8.42 Å². The van der Waals surface area contributed by atoms with E-state index >= 15 is 0 Å². The minimum Gasteiger partial charge on any atom is -0.215 e. The maximum absolute atomic E-state index is 11.5. The van der Waals surface area contributed by atoms with E-state index in [0.717, 1.165) is 25.7 Å². The summed E-state index contributed by atoms with van der Waals surface area (Å²) < 4.78 is 25.7. The molecule has 0 aromatic carbocycles. The molecule has 1 fully saturated rings. The standard InChI is InChI=1S/C11H19NO2S/c13-15(14,11-6-7-11)12-9-8-10-4-2-1-3-5-10/h4,11-12H,1-3,5-9H2. The zero-order valence-electron chi connectivity index (χ0n) is 9.04. The Bertz CT molecular complexity index is 342. The molecule has 0 unspecified atom stereocenters. The van der Waals surface area contributed by atoms with Crippen LogP contribution < -0.4 is 4.72 Å². The summed E-state index contributed by atoms with van der Waals surface area (Å²) >= 11 is 0. The van der Waals surface area contributed by atoms with Gasteiger partial charge in [-0.3, -0.25) is 0 Å². The lowest BCUT2D eigenvalue weighted by Crippen LogP contribution is -2.28. The van der Waals surface area contributed by atoms with E-state index in [1.807, 2.05) is 0 Å². The average molecular weight is 229 g/mol. The second-order valence-corrected chi connectivity index (χ2v) is 6.54. The maximum Gasteiger partial charge on any atom is 0.214 e. The van der Waals surface area contributed by atoms with Crippen molar-refractivity contribution in [2.75, 3.05) is 6.54 Å². The molecule has 0 amide bonds. The van der Waals surface area contributed by atoms with E-state index < -0.39 is 10.0 Å². The van der Waals surface area contributed by atoms with E-state index in [-0.39, 0.29) is 5.25 Å². The van der Waals surface area contributed by atoms with Crippen LogP contribution in [-0.2, 0) is 10.0 Å². The van der Waals surface area contributed by atoms with Crippen molar-refractivity contribution < 1.29 is 8.42 Å². The number of nitrogens with one attached hydrogen (secondary N) is 1. The SMILES string of the molecule is O=S(=O)(NCCC1=CCCCC1)C1CC1. The van der Waals surface area contributed by atoms with Gasteiger partial charge in [-0.15, -0.1) is 0 Å². The fourth-order valence-corrected chi connectivity index (χ4v) is 3.36. The first kappa shape index (κ1) is 11.1. The van der Waals surface area contributed by atoms with Gasteiger partial charge in [0.15, 0.2) is 0 Å². The fraction of sp³-hybridized carbons (Fsp3) is 0.818. The van der Waals surface area contributed by atoms with Crippen molar-refractivity contribution in [1.82, 2.24) is 4.72 Å². The third kappa shape index (κ3) is 3.31. The van der Waals surface area contributed by atoms with Crippen LogP contribution in [0.4, 0.5) is 0 Å². The van der Waals surface area contributed by atoms with E-state index in [0.29, 0.717) is 6.54 Å². The lowest BCUT2D eigenvalue weighted by Gasteiger charge is -2.12. The van der Waals surface area contributed by atoms with E-state index in [2.05, 4.69) is 10.8 Å². The maximum atomic E-state index is 11.5. The van der Waals surface area contributed by atoms with Gasteiger partial charge in [-0.25, -0.2) is 13.1 Å². The Morgan fingerprint density at radius 1 is 1.33 bits per heavy atom. The van der Waals surface area contributed by atoms with Crippen LogP contribution in [-0.4, -0.2) is 20.2 Å². The predicted molar refractivity (Wildman–Crippen MR) is 61.1 cm³/mol. The zero-order valence-corrected chi connectivity index (χ0v) is 9.85. The molecule has 2 aliphatic rings. The summed E-state index contributed by atoms with van der Waals surface area (Å²) in [4.78, 5) is 0. The van der Waals surface area contributed by atoms with Crippen LogP contribution in [0.1, 0.15) is 44.9 Å². The smallest absolute Gasteiger partial charge is 0.214 e. The van der Waals surface area contributed by atoms with Crippen molar-refractivity contribution in [3.05, 3.63) is 11.6 Å². The highest BCUT2D eigenvalue weighted by atomic mass is 32.2. The first-order valence-electron chi connectivity index (χ1n) is 5.85. The van der Waals surface area contributed by atoms with Crippen molar-refractivity contribution in [3.63, 3.8) is 0 Å².